The van der Waals surface area contributed by atoms with Gasteiger partial charge < -0.3 is 10.3 Å². The standard InChI is InChI=1S/C10H15F3N2S/c1-8(14)6-9-2-3-15(7-9)4-5-16-10(11,12)13/h2-3,7-8H,4-6,14H2,1H3. The number of aromatic nitrogens is 1. The van der Waals surface area contributed by atoms with Crippen LogP contribution in [-0.4, -0.2) is 21.9 Å². The Morgan fingerprint density at radius 1 is 1.50 bits per heavy atom. The zero-order valence-corrected chi connectivity index (χ0v) is 9.81. The Hall–Kier alpha value is -0.620. The van der Waals surface area contributed by atoms with Gasteiger partial charge in [0.2, 0.25) is 0 Å². The van der Waals surface area contributed by atoms with E-state index in [1.54, 1.807) is 10.8 Å². The van der Waals surface area contributed by atoms with Crippen LogP contribution in [0.25, 0.3) is 0 Å². The van der Waals surface area contributed by atoms with Crippen LogP contribution in [0.3, 0.4) is 0 Å². The molecule has 0 aliphatic rings. The Morgan fingerprint density at radius 2 is 2.19 bits per heavy atom. The van der Waals surface area contributed by atoms with E-state index in [9.17, 15) is 13.2 Å². The van der Waals surface area contributed by atoms with Crippen molar-refractivity contribution in [2.75, 3.05) is 5.75 Å². The fraction of sp³-hybridized carbons (Fsp3) is 0.600. The molecule has 0 saturated heterocycles. The predicted molar refractivity (Wildman–Crippen MR) is 60.3 cm³/mol. The summed E-state index contributed by atoms with van der Waals surface area (Å²) in [5.74, 6) is 0.0375. The van der Waals surface area contributed by atoms with Crippen molar-refractivity contribution in [1.29, 1.82) is 0 Å². The van der Waals surface area contributed by atoms with Gasteiger partial charge in [0, 0.05) is 30.7 Å². The normalized spacial score (nSPS) is 14.1. The molecule has 0 aromatic carbocycles. The van der Waals surface area contributed by atoms with Gasteiger partial charge >= 0.3 is 5.51 Å². The Labute approximate surface area is 97.0 Å². The number of thioether (sulfide) groups is 1. The van der Waals surface area contributed by atoms with Gasteiger partial charge in [-0.2, -0.15) is 13.2 Å². The van der Waals surface area contributed by atoms with E-state index < -0.39 is 5.51 Å². The highest BCUT2D eigenvalue weighted by atomic mass is 32.2. The van der Waals surface area contributed by atoms with Crippen molar-refractivity contribution < 1.29 is 13.2 Å². The molecular formula is C10H15F3N2S. The molecule has 1 unspecified atom stereocenters. The van der Waals surface area contributed by atoms with Crippen LogP contribution < -0.4 is 5.73 Å². The monoisotopic (exact) mass is 252 g/mol. The van der Waals surface area contributed by atoms with E-state index in [0.717, 1.165) is 12.0 Å². The third-order valence-corrected chi connectivity index (χ3v) is 2.70. The molecule has 2 N–H and O–H groups in total. The van der Waals surface area contributed by atoms with Gasteiger partial charge in [-0.05, 0) is 36.7 Å². The molecule has 1 atom stereocenters. The maximum Gasteiger partial charge on any atom is 0.441 e. The van der Waals surface area contributed by atoms with Crippen molar-refractivity contribution in [3.05, 3.63) is 24.0 Å². The number of alkyl halides is 3. The van der Waals surface area contributed by atoms with Crippen LogP contribution in [0.15, 0.2) is 18.5 Å². The van der Waals surface area contributed by atoms with Crippen LogP contribution in [0, 0.1) is 0 Å². The van der Waals surface area contributed by atoms with E-state index in [2.05, 4.69) is 0 Å². The van der Waals surface area contributed by atoms with Crippen molar-refractivity contribution in [1.82, 2.24) is 4.57 Å². The molecular weight excluding hydrogens is 237 g/mol. The fourth-order valence-electron chi connectivity index (χ4n) is 1.39. The van der Waals surface area contributed by atoms with Crippen LogP contribution >= 0.6 is 11.8 Å². The Bertz CT molecular complexity index is 320. The van der Waals surface area contributed by atoms with E-state index in [1.807, 2.05) is 19.2 Å². The number of nitrogens with zero attached hydrogens (tertiary/aromatic N) is 1. The first-order chi connectivity index (χ1) is 7.37. The second kappa shape index (κ2) is 5.63. The third-order valence-electron chi connectivity index (χ3n) is 1.98. The van der Waals surface area contributed by atoms with Crippen molar-refractivity contribution in [2.45, 2.75) is 31.4 Å². The Kier molecular flexibility index (Phi) is 4.73. The largest absolute Gasteiger partial charge is 0.441 e. The summed E-state index contributed by atoms with van der Waals surface area (Å²) in [7, 11) is 0. The summed E-state index contributed by atoms with van der Waals surface area (Å²) in [6, 6.07) is 1.96. The van der Waals surface area contributed by atoms with Crippen LogP contribution in [0.2, 0.25) is 0 Å². The summed E-state index contributed by atoms with van der Waals surface area (Å²) in [6.45, 7) is 2.26. The maximum atomic E-state index is 11.9. The zero-order valence-electron chi connectivity index (χ0n) is 9.00. The van der Waals surface area contributed by atoms with E-state index in [-0.39, 0.29) is 23.6 Å². The van der Waals surface area contributed by atoms with E-state index in [4.69, 9.17) is 5.73 Å². The number of halogens is 3. The molecule has 0 fully saturated rings. The fourth-order valence-corrected chi connectivity index (χ4v) is 1.92. The lowest BCUT2D eigenvalue weighted by Gasteiger charge is -2.06. The SMILES string of the molecule is CC(N)Cc1ccn(CCSC(F)(F)F)c1. The van der Waals surface area contributed by atoms with Gasteiger partial charge in [-0.3, -0.25) is 0 Å². The molecule has 1 aromatic heterocycles. The van der Waals surface area contributed by atoms with Gasteiger partial charge in [0.05, 0.1) is 0 Å². The number of hydrogen-bond acceptors (Lipinski definition) is 2. The zero-order chi connectivity index (χ0) is 12.2. The van der Waals surface area contributed by atoms with Gasteiger partial charge in [-0.15, -0.1) is 0 Å². The molecule has 1 heterocycles. The Balaban J connectivity index is 2.35. The molecule has 92 valence electrons. The Morgan fingerprint density at radius 3 is 2.75 bits per heavy atom. The second-order valence-electron chi connectivity index (χ2n) is 3.73. The summed E-state index contributed by atoms with van der Waals surface area (Å²) < 4.78 is 37.4. The lowest BCUT2D eigenvalue weighted by atomic mass is 10.1. The molecule has 2 nitrogen and oxygen atoms in total. The molecule has 0 radical (unpaired) electrons. The minimum atomic E-state index is -4.14. The van der Waals surface area contributed by atoms with Crippen molar-refractivity contribution in [3.63, 3.8) is 0 Å². The summed E-state index contributed by atoms with van der Waals surface area (Å²) in [5.41, 5.74) is 2.55. The first kappa shape index (κ1) is 13.4. The lowest BCUT2D eigenvalue weighted by molar-refractivity contribution is -0.0328. The van der Waals surface area contributed by atoms with Gasteiger partial charge in [-0.25, -0.2) is 0 Å². The van der Waals surface area contributed by atoms with E-state index >= 15 is 0 Å². The number of nitrogens with two attached hydrogens (primary N) is 1. The smallest absolute Gasteiger partial charge is 0.353 e. The highest BCUT2D eigenvalue weighted by Crippen LogP contribution is 2.29. The van der Waals surface area contributed by atoms with Gasteiger partial charge in [-0.1, -0.05) is 0 Å². The molecule has 16 heavy (non-hydrogen) atoms. The maximum absolute atomic E-state index is 11.9. The number of aryl methyl sites for hydroxylation is 1. The number of rotatable bonds is 5. The van der Waals surface area contributed by atoms with Crippen LogP contribution in [0.4, 0.5) is 13.2 Å². The third kappa shape index (κ3) is 5.46. The van der Waals surface area contributed by atoms with Crippen molar-refractivity contribution in [2.24, 2.45) is 5.73 Å². The predicted octanol–water partition coefficient (Wildman–Crippen LogP) is 2.63. The van der Waals surface area contributed by atoms with E-state index in [1.165, 1.54) is 0 Å². The molecule has 1 rings (SSSR count). The first-order valence-electron chi connectivity index (χ1n) is 4.98. The molecule has 0 aliphatic heterocycles. The highest BCUT2D eigenvalue weighted by Gasteiger charge is 2.27. The molecule has 1 aromatic rings. The molecule has 0 bridgehead atoms. The molecule has 0 amide bonds. The van der Waals surface area contributed by atoms with E-state index in [0.29, 0.717) is 6.54 Å². The number of hydrogen-bond donors (Lipinski definition) is 1. The van der Waals surface area contributed by atoms with Crippen LogP contribution in [0.5, 0.6) is 0 Å². The summed E-state index contributed by atoms with van der Waals surface area (Å²) in [4.78, 5) is 0. The topological polar surface area (TPSA) is 30.9 Å². The van der Waals surface area contributed by atoms with Crippen molar-refractivity contribution >= 4 is 11.8 Å². The second-order valence-corrected chi connectivity index (χ2v) is 4.89. The average molecular weight is 252 g/mol. The minimum Gasteiger partial charge on any atom is -0.353 e. The molecule has 0 spiro atoms. The van der Waals surface area contributed by atoms with Crippen LogP contribution in [-0.2, 0) is 13.0 Å². The highest BCUT2D eigenvalue weighted by molar-refractivity contribution is 8.00. The van der Waals surface area contributed by atoms with Gasteiger partial charge in [0.1, 0.15) is 0 Å². The lowest BCUT2D eigenvalue weighted by Crippen LogP contribution is -2.17. The minimum absolute atomic E-state index is 0.00604. The van der Waals surface area contributed by atoms with Crippen LogP contribution in [0.1, 0.15) is 12.5 Å². The summed E-state index contributed by atoms with van der Waals surface area (Å²) in [6.07, 6.45) is 4.38. The van der Waals surface area contributed by atoms with Gasteiger partial charge in [0.15, 0.2) is 0 Å². The molecule has 0 aliphatic carbocycles. The van der Waals surface area contributed by atoms with Gasteiger partial charge in [0.25, 0.3) is 0 Å². The summed E-state index contributed by atoms with van der Waals surface area (Å²) in [5, 5.41) is 0. The first-order valence-corrected chi connectivity index (χ1v) is 5.96. The summed E-state index contributed by atoms with van der Waals surface area (Å²) >= 11 is 0.00604. The van der Waals surface area contributed by atoms with Crippen molar-refractivity contribution in [3.8, 4) is 0 Å². The molecule has 0 saturated carbocycles. The molecule has 6 heteroatoms. The average Bonchev–Trinajstić information content (AvgIpc) is 2.49. The quantitative estimate of drug-likeness (QED) is 0.873.